The average Bonchev–Trinajstić information content (AvgIpc) is 3.14. The maximum atomic E-state index is 12.4. The number of amides is 2. The number of pyridine rings is 2. The van der Waals surface area contributed by atoms with Crippen molar-refractivity contribution in [3.05, 3.63) is 39.8 Å². The minimum Gasteiger partial charge on any atom is -0.447 e. The first-order valence-electron chi connectivity index (χ1n) is 9.48. The number of fused-ring (bicyclic) bond motifs is 1. The molecule has 0 saturated carbocycles. The summed E-state index contributed by atoms with van der Waals surface area (Å²) < 4.78 is 4.80. The Balaban J connectivity index is 1.37. The number of aryl methyl sites for hydroxylation is 1. The molecule has 2 aromatic rings. The van der Waals surface area contributed by atoms with Gasteiger partial charge in [0.15, 0.2) is 0 Å². The number of hydrogen-bond acceptors (Lipinski definition) is 6. The molecule has 0 aromatic carbocycles. The molecule has 2 aromatic heterocycles. The fourth-order valence-corrected chi connectivity index (χ4v) is 3.64. The Bertz CT molecular complexity index is 964. The molecule has 2 aliphatic rings. The van der Waals surface area contributed by atoms with Crippen molar-refractivity contribution in [1.82, 2.24) is 25.1 Å². The van der Waals surface area contributed by atoms with Gasteiger partial charge in [-0.05, 0) is 24.1 Å². The second-order valence-corrected chi connectivity index (χ2v) is 7.15. The molecule has 0 bridgehead atoms. The van der Waals surface area contributed by atoms with Crippen molar-refractivity contribution in [1.29, 1.82) is 0 Å². The van der Waals surface area contributed by atoms with Crippen LogP contribution in [0.25, 0.3) is 11.0 Å². The number of carbonyl (C=O) groups is 2. The number of H-pyrrole nitrogens is 1. The molecule has 4 heterocycles. The van der Waals surface area contributed by atoms with Crippen LogP contribution >= 0.6 is 0 Å². The van der Waals surface area contributed by atoms with Crippen LogP contribution in [0.5, 0.6) is 0 Å². The largest absolute Gasteiger partial charge is 0.447 e. The van der Waals surface area contributed by atoms with Crippen LogP contribution in [0.2, 0.25) is 0 Å². The van der Waals surface area contributed by atoms with E-state index >= 15 is 0 Å². The molecule has 9 heteroatoms. The number of cyclic esters (lactones) is 1. The standard InChI is InChI=1S/C19H23N5O4/c1-2-13-8-14-15(21-17(13)25)7-12(9-20-14)10-23-3-5-24(6-4-23)18(26)16-11-28-19(27)22-16/h7-9,16H,2-6,10-11H2,1H3,(H,21,25)(H,22,27)/t16-/m1/s1. The van der Waals surface area contributed by atoms with Gasteiger partial charge >= 0.3 is 6.09 Å². The third kappa shape index (κ3) is 3.70. The number of aromatic amines is 1. The maximum absolute atomic E-state index is 12.4. The molecule has 2 N–H and O–H groups in total. The summed E-state index contributed by atoms with van der Waals surface area (Å²) in [6.45, 7) is 5.41. The number of aromatic nitrogens is 2. The number of nitrogens with one attached hydrogen (secondary N) is 2. The van der Waals surface area contributed by atoms with Crippen LogP contribution in [-0.4, -0.2) is 70.6 Å². The molecule has 0 spiro atoms. The highest BCUT2D eigenvalue weighted by Gasteiger charge is 2.33. The normalized spacial score (nSPS) is 20.2. The quantitative estimate of drug-likeness (QED) is 0.781. The average molecular weight is 385 g/mol. The van der Waals surface area contributed by atoms with E-state index in [4.69, 9.17) is 4.74 Å². The van der Waals surface area contributed by atoms with Crippen molar-refractivity contribution < 1.29 is 14.3 Å². The van der Waals surface area contributed by atoms with Gasteiger partial charge < -0.3 is 19.9 Å². The lowest BCUT2D eigenvalue weighted by molar-refractivity contribution is -0.134. The highest BCUT2D eigenvalue weighted by molar-refractivity contribution is 5.88. The van der Waals surface area contributed by atoms with Gasteiger partial charge in [0.1, 0.15) is 12.6 Å². The summed E-state index contributed by atoms with van der Waals surface area (Å²) in [7, 11) is 0. The summed E-state index contributed by atoms with van der Waals surface area (Å²) in [5.74, 6) is -0.0952. The molecular weight excluding hydrogens is 362 g/mol. The molecule has 4 rings (SSSR count). The minimum absolute atomic E-state index is 0.0657. The molecule has 0 radical (unpaired) electrons. The molecular formula is C19H23N5O4. The van der Waals surface area contributed by atoms with Gasteiger partial charge in [0.2, 0.25) is 5.91 Å². The maximum Gasteiger partial charge on any atom is 0.407 e. The predicted molar refractivity (Wildman–Crippen MR) is 102 cm³/mol. The van der Waals surface area contributed by atoms with Gasteiger partial charge in [-0.25, -0.2) is 4.79 Å². The summed E-state index contributed by atoms with van der Waals surface area (Å²) in [5.41, 5.74) is 3.21. The van der Waals surface area contributed by atoms with Crippen LogP contribution in [0.1, 0.15) is 18.1 Å². The van der Waals surface area contributed by atoms with Gasteiger partial charge in [0.25, 0.3) is 5.56 Å². The Morgan fingerprint density at radius 3 is 2.71 bits per heavy atom. The zero-order valence-electron chi connectivity index (χ0n) is 15.7. The predicted octanol–water partition coefficient (Wildman–Crippen LogP) is 0.238. The molecule has 2 saturated heterocycles. The minimum atomic E-state index is -0.575. The van der Waals surface area contributed by atoms with Gasteiger partial charge in [-0.15, -0.1) is 0 Å². The van der Waals surface area contributed by atoms with Crippen molar-refractivity contribution in [3.8, 4) is 0 Å². The van der Waals surface area contributed by atoms with Crippen molar-refractivity contribution in [2.45, 2.75) is 25.9 Å². The summed E-state index contributed by atoms with van der Waals surface area (Å²) >= 11 is 0. The highest BCUT2D eigenvalue weighted by Crippen LogP contribution is 2.14. The number of hydrogen-bond donors (Lipinski definition) is 2. The summed E-state index contributed by atoms with van der Waals surface area (Å²) in [6.07, 6.45) is 1.97. The first kappa shape index (κ1) is 18.4. The number of alkyl carbamates (subject to hydrolysis) is 1. The van der Waals surface area contributed by atoms with Gasteiger partial charge in [0.05, 0.1) is 11.0 Å². The number of nitrogens with zero attached hydrogens (tertiary/aromatic N) is 3. The lowest BCUT2D eigenvalue weighted by Gasteiger charge is -2.35. The Kier molecular flexibility index (Phi) is 4.99. The van der Waals surface area contributed by atoms with Crippen LogP contribution in [0.4, 0.5) is 4.79 Å². The zero-order valence-corrected chi connectivity index (χ0v) is 15.7. The molecule has 28 heavy (non-hydrogen) atoms. The zero-order chi connectivity index (χ0) is 19.7. The van der Waals surface area contributed by atoms with Gasteiger partial charge in [0, 0.05) is 44.5 Å². The van der Waals surface area contributed by atoms with Crippen molar-refractivity contribution in [3.63, 3.8) is 0 Å². The number of rotatable bonds is 4. The summed E-state index contributed by atoms with van der Waals surface area (Å²) in [6, 6.07) is 3.23. The summed E-state index contributed by atoms with van der Waals surface area (Å²) in [4.78, 5) is 46.9. The van der Waals surface area contributed by atoms with E-state index in [9.17, 15) is 14.4 Å². The lowest BCUT2D eigenvalue weighted by atomic mass is 10.1. The monoisotopic (exact) mass is 385 g/mol. The second-order valence-electron chi connectivity index (χ2n) is 7.15. The molecule has 9 nitrogen and oxygen atoms in total. The fourth-order valence-electron chi connectivity index (χ4n) is 3.64. The molecule has 2 amide bonds. The number of ether oxygens (including phenoxy) is 1. The SMILES string of the molecule is CCc1cc2ncc(CN3CCN(C(=O)[C@H]4COC(=O)N4)CC3)cc2[nH]c1=O. The number of piperazine rings is 1. The van der Waals surface area contributed by atoms with E-state index in [2.05, 4.69) is 20.2 Å². The Morgan fingerprint density at radius 2 is 2.04 bits per heavy atom. The van der Waals surface area contributed by atoms with Crippen LogP contribution in [-0.2, 0) is 22.5 Å². The van der Waals surface area contributed by atoms with E-state index < -0.39 is 12.1 Å². The van der Waals surface area contributed by atoms with E-state index in [0.717, 1.165) is 35.2 Å². The Labute approximate surface area is 161 Å². The van der Waals surface area contributed by atoms with Gasteiger partial charge in [-0.3, -0.25) is 19.5 Å². The molecule has 0 unspecified atom stereocenters. The van der Waals surface area contributed by atoms with Crippen molar-refractivity contribution in [2.75, 3.05) is 32.8 Å². The van der Waals surface area contributed by atoms with Gasteiger partial charge in [-0.2, -0.15) is 0 Å². The first-order chi connectivity index (χ1) is 13.5. The number of carbonyl (C=O) groups excluding carboxylic acids is 2. The first-order valence-corrected chi connectivity index (χ1v) is 9.48. The Morgan fingerprint density at radius 1 is 1.25 bits per heavy atom. The topological polar surface area (TPSA) is 108 Å². The van der Waals surface area contributed by atoms with Crippen LogP contribution in [0.15, 0.2) is 23.1 Å². The third-order valence-corrected chi connectivity index (χ3v) is 5.27. The molecule has 2 fully saturated rings. The van der Waals surface area contributed by atoms with E-state index in [1.54, 1.807) is 4.90 Å². The van der Waals surface area contributed by atoms with E-state index in [1.807, 2.05) is 25.3 Å². The fraction of sp³-hybridized carbons (Fsp3) is 0.474. The molecule has 0 aliphatic carbocycles. The summed E-state index contributed by atoms with van der Waals surface area (Å²) in [5, 5.41) is 2.53. The highest BCUT2D eigenvalue weighted by atomic mass is 16.6. The second kappa shape index (κ2) is 7.59. The third-order valence-electron chi connectivity index (χ3n) is 5.27. The van der Waals surface area contributed by atoms with Gasteiger partial charge in [-0.1, -0.05) is 6.92 Å². The Hall–Kier alpha value is -2.94. The van der Waals surface area contributed by atoms with Crippen molar-refractivity contribution >= 4 is 23.0 Å². The van der Waals surface area contributed by atoms with E-state index in [-0.39, 0.29) is 18.1 Å². The molecule has 1 atom stereocenters. The molecule has 2 aliphatic heterocycles. The lowest BCUT2D eigenvalue weighted by Crippen LogP contribution is -2.53. The van der Waals surface area contributed by atoms with E-state index in [0.29, 0.717) is 26.1 Å². The smallest absolute Gasteiger partial charge is 0.407 e. The van der Waals surface area contributed by atoms with Crippen LogP contribution < -0.4 is 10.9 Å². The van der Waals surface area contributed by atoms with Crippen LogP contribution in [0, 0.1) is 0 Å². The van der Waals surface area contributed by atoms with Crippen molar-refractivity contribution in [2.24, 2.45) is 0 Å². The van der Waals surface area contributed by atoms with Crippen LogP contribution in [0.3, 0.4) is 0 Å². The van der Waals surface area contributed by atoms with E-state index in [1.165, 1.54) is 0 Å². The molecule has 148 valence electrons.